The van der Waals surface area contributed by atoms with Gasteiger partial charge in [-0.15, -0.1) is 0 Å². The molecule has 1 aromatic heterocycles. The molecule has 0 amide bonds. The number of aromatic nitrogens is 2. The zero-order valence-electron chi connectivity index (χ0n) is 10.5. The molecule has 0 radical (unpaired) electrons. The molecule has 0 aliphatic heterocycles. The molecular formula is C13H12Br2N2O2. The van der Waals surface area contributed by atoms with Gasteiger partial charge in [0.05, 0.1) is 30.1 Å². The van der Waals surface area contributed by atoms with Crippen molar-refractivity contribution in [3.8, 4) is 5.75 Å². The molecule has 6 heteroatoms. The zero-order valence-corrected chi connectivity index (χ0v) is 13.7. The zero-order chi connectivity index (χ0) is 14.0. The molecule has 19 heavy (non-hydrogen) atoms. The van der Waals surface area contributed by atoms with Gasteiger partial charge in [-0.1, -0.05) is 6.07 Å². The van der Waals surface area contributed by atoms with Gasteiger partial charge in [0, 0.05) is 0 Å². The highest BCUT2D eigenvalue weighted by molar-refractivity contribution is 9.10. The van der Waals surface area contributed by atoms with Crippen molar-refractivity contribution in [2.24, 2.45) is 0 Å². The van der Waals surface area contributed by atoms with Gasteiger partial charge in [0.1, 0.15) is 10.2 Å². The third-order valence-corrected chi connectivity index (χ3v) is 4.26. The van der Waals surface area contributed by atoms with Crippen LogP contribution in [0.1, 0.15) is 11.3 Å². The minimum Gasteiger partial charge on any atom is -0.496 e. The van der Waals surface area contributed by atoms with Gasteiger partial charge in [-0.3, -0.25) is 9.36 Å². The fourth-order valence-electron chi connectivity index (χ4n) is 1.66. The van der Waals surface area contributed by atoms with E-state index in [-0.39, 0.29) is 5.56 Å². The highest BCUT2D eigenvalue weighted by atomic mass is 79.9. The lowest BCUT2D eigenvalue weighted by atomic mass is 10.2. The molecule has 100 valence electrons. The van der Waals surface area contributed by atoms with Crippen LogP contribution in [0, 0.1) is 6.92 Å². The van der Waals surface area contributed by atoms with Crippen molar-refractivity contribution in [3.05, 3.63) is 55.1 Å². The van der Waals surface area contributed by atoms with Crippen LogP contribution in [0.3, 0.4) is 0 Å². The number of halogens is 2. The summed E-state index contributed by atoms with van der Waals surface area (Å²) in [6, 6.07) is 5.71. The first-order valence-corrected chi connectivity index (χ1v) is 7.15. The number of ether oxygens (including phenoxy) is 1. The number of hydrogen-bond acceptors (Lipinski definition) is 3. The minimum atomic E-state index is -0.0839. The molecule has 0 spiro atoms. The number of benzene rings is 1. The predicted molar refractivity (Wildman–Crippen MR) is 80.7 cm³/mol. The number of methoxy groups -OCH3 is 1. The van der Waals surface area contributed by atoms with E-state index in [1.165, 1.54) is 0 Å². The van der Waals surface area contributed by atoms with Gasteiger partial charge in [-0.25, -0.2) is 4.98 Å². The molecule has 0 unspecified atom stereocenters. The molecule has 0 fully saturated rings. The van der Waals surface area contributed by atoms with Crippen molar-refractivity contribution >= 4 is 31.9 Å². The Morgan fingerprint density at radius 1 is 1.37 bits per heavy atom. The first-order chi connectivity index (χ1) is 9.02. The molecule has 2 aromatic rings. The maximum atomic E-state index is 12.0. The van der Waals surface area contributed by atoms with Crippen LogP contribution in [-0.4, -0.2) is 16.7 Å². The number of nitrogens with zero attached hydrogens (tertiary/aromatic N) is 2. The quantitative estimate of drug-likeness (QED) is 0.812. The van der Waals surface area contributed by atoms with Crippen molar-refractivity contribution in [2.75, 3.05) is 7.11 Å². The monoisotopic (exact) mass is 386 g/mol. The molecule has 0 saturated heterocycles. The van der Waals surface area contributed by atoms with Gasteiger partial charge in [0.15, 0.2) is 0 Å². The van der Waals surface area contributed by atoms with E-state index in [0.29, 0.717) is 16.7 Å². The lowest BCUT2D eigenvalue weighted by Gasteiger charge is -2.09. The maximum absolute atomic E-state index is 12.0. The molecule has 0 aliphatic rings. The van der Waals surface area contributed by atoms with Crippen molar-refractivity contribution < 1.29 is 4.74 Å². The Morgan fingerprint density at radius 3 is 2.74 bits per heavy atom. The second kappa shape index (κ2) is 5.88. The average molecular weight is 388 g/mol. The van der Waals surface area contributed by atoms with Crippen molar-refractivity contribution in [1.82, 2.24) is 9.55 Å². The summed E-state index contributed by atoms with van der Waals surface area (Å²) in [4.78, 5) is 16.2. The van der Waals surface area contributed by atoms with Gasteiger partial charge < -0.3 is 4.74 Å². The Balaban J connectivity index is 2.34. The Morgan fingerprint density at radius 2 is 2.11 bits per heavy atom. The highest BCUT2D eigenvalue weighted by Crippen LogP contribution is 2.25. The van der Waals surface area contributed by atoms with Crippen LogP contribution < -0.4 is 10.3 Å². The van der Waals surface area contributed by atoms with Gasteiger partial charge in [0.25, 0.3) is 5.56 Å². The Kier molecular flexibility index (Phi) is 4.42. The molecule has 1 heterocycles. The van der Waals surface area contributed by atoms with Crippen LogP contribution >= 0.6 is 31.9 Å². The smallest absolute Gasteiger partial charge is 0.268 e. The second-order valence-electron chi connectivity index (χ2n) is 4.05. The minimum absolute atomic E-state index is 0.0839. The van der Waals surface area contributed by atoms with E-state index in [9.17, 15) is 4.79 Å². The fourth-order valence-corrected chi connectivity index (χ4v) is 2.58. The van der Waals surface area contributed by atoms with E-state index < -0.39 is 0 Å². The lowest BCUT2D eigenvalue weighted by Crippen LogP contribution is -2.22. The van der Waals surface area contributed by atoms with Crippen LogP contribution in [-0.2, 0) is 6.54 Å². The number of hydrogen-bond donors (Lipinski definition) is 0. The Labute approximate surface area is 127 Å². The van der Waals surface area contributed by atoms with Gasteiger partial charge in [-0.2, -0.15) is 0 Å². The lowest BCUT2D eigenvalue weighted by molar-refractivity contribution is 0.412. The number of aryl methyl sites for hydroxylation is 1. The molecule has 1 aromatic carbocycles. The summed E-state index contributed by atoms with van der Waals surface area (Å²) in [5, 5.41) is 0. The summed E-state index contributed by atoms with van der Waals surface area (Å²) in [7, 11) is 1.62. The van der Waals surface area contributed by atoms with E-state index in [1.807, 2.05) is 18.2 Å². The van der Waals surface area contributed by atoms with Crippen LogP contribution in [0.2, 0.25) is 0 Å². The molecule has 0 aliphatic carbocycles. The molecular weight excluding hydrogens is 376 g/mol. The number of rotatable bonds is 3. The predicted octanol–water partition coefficient (Wildman–Crippen LogP) is 3.13. The molecule has 2 rings (SSSR count). The van der Waals surface area contributed by atoms with Crippen molar-refractivity contribution in [2.45, 2.75) is 13.5 Å². The molecule has 0 bridgehead atoms. The summed E-state index contributed by atoms with van der Waals surface area (Å²) < 4.78 is 8.10. The maximum Gasteiger partial charge on any atom is 0.268 e. The van der Waals surface area contributed by atoms with E-state index in [4.69, 9.17) is 4.74 Å². The fraction of sp³-hybridized carbons (Fsp3) is 0.231. The summed E-state index contributed by atoms with van der Waals surface area (Å²) in [6.45, 7) is 2.26. The largest absolute Gasteiger partial charge is 0.496 e. The van der Waals surface area contributed by atoms with E-state index in [1.54, 1.807) is 24.9 Å². The third kappa shape index (κ3) is 3.06. The van der Waals surface area contributed by atoms with Crippen LogP contribution in [0.5, 0.6) is 5.75 Å². The van der Waals surface area contributed by atoms with Crippen molar-refractivity contribution in [3.63, 3.8) is 0 Å². The first kappa shape index (κ1) is 14.3. The first-order valence-electron chi connectivity index (χ1n) is 5.57. The Bertz CT molecular complexity index is 668. The van der Waals surface area contributed by atoms with Crippen LogP contribution in [0.4, 0.5) is 0 Å². The summed E-state index contributed by atoms with van der Waals surface area (Å²) in [5.74, 6) is 0.763. The standard InChI is InChI=1S/C13H12Br2N2O2/c1-8-12(15)13(18)17(7-16-8)6-9-3-4-11(19-2)10(14)5-9/h3-5,7H,6H2,1-2H3. The van der Waals surface area contributed by atoms with Crippen LogP contribution in [0.15, 0.2) is 38.3 Å². The topological polar surface area (TPSA) is 44.1 Å². The van der Waals surface area contributed by atoms with Crippen molar-refractivity contribution in [1.29, 1.82) is 0 Å². The molecule has 0 saturated carbocycles. The van der Waals surface area contributed by atoms with E-state index in [2.05, 4.69) is 36.8 Å². The third-order valence-electron chi connectivity index (χ3n) is 2.73. The van der Waals surface area contributed by atoms with Crippen LogP contribution in [0.25, 0.3) is 0 Å². The van der Waals surface area contributed by atoms with E-state index in [0.717, 1.165) is 15.8 Å². The second-order valence-corrected chi connectivity index (χ2v) is 5.69. The molecule has 0 N–H and O–H groups in total. The highest BCUT2D eigenvalue weighted by Gasteiger charge is 2.07. The normalized spacial score (nSPS) is 10.5. The van der Waals surface area contributed by atoms with Gasteiger partial charge in [0.2, 0.25) is 0 Å². The molecule has 0 atom stereocenters. The SMILES string of the molecule is COc1ccc(Cn2cnc(C)c(Br)c2=O)cc1Br. The average Bonchev–Trinajstić information content (AvgIpc) is 2.40. The summed E-state index contributed by atoms with van der Waals surface area (Å²) in [5.41, 5.74) is 1.60. The van der Waals surface area contributed by atoms with Gasteiger partial charge >= 0.3 is 0 Å². The van der Waals surface area contributed by atoms with Gasteiger partial charge in [-0.05, 0) is 56.5 Å². The Hall–Kier alpha value is -1.14. The summed E-state index contributed by atoms with van der Waals surface area (Å²) >= 11 is 6.68. The van der Waals surface area contributed by atoms with E-state index >= 15 is 0 Å². The molecule has 4 nitrogen and oxygen atoms in total. The summed E-state index contributed by atoms with van der Waals surface area (Å²) in [6.07, 6.45) is 1.56.